The molecule has 1 aromatic heterocycles. The highest BCUT2D eigenvalue weighted by atomic mass is 16.1. The molecule has 80 valence electrons. The number of hydrogen-bond donors (Lipinski definition) is 2. The summed E-state index contributed by atoms with van der Waals surface area (Å²) in [6.07, 6.45) is 0.710. The van der Waals surface area contributed by atoms with Crippen LogP contribution in [-0.4, -0.2) is 32.8 Å². The van der Waals surface area contributed by atoms with Crippen LogP contribution in [0.4, 0.5) is 5.95 Å². The maximum absolute atomic E-state index is 11.6. The van der Waals surface area contributed by atoms with Crippen molar-refractivity contribution >= 4 is 18.1 Å². The van der Waals surface area contributed by atoms with E-state index in [0.717, 1.165) is 0 Å². The van der Waals surface area contributed by atoms with Crippen LogP contribution in [-0.2, 0) is 0 Å². The fraction of sp³-hybridized carbons (Fsp3) is 0. The number of hydrogen-bond acceptors (Lipinski definition) is 5. The number of nitrogens with one attached hydrogen (secondary N) is 2. The Kier molecular flexibility index (Phi) is 2.68. The summed E-state index contributed by atoms with van der Waals surface area (Å²) in [6, 6.07) is 6.20. The van der Waals surface area contributed by atoms with Gasteiger partial charge in [-0.25, -0.2) is 5.10 Å². The third kappa shape index (κ3) is 2.08. The minimum atomic E-state index is -0.351. The van der Waals surface area contributed by atoms with Gasteiger partial charge in [-0.15, -0.1) is 0 Å². The Morgan fingerprint density at radius 3 is 2.62 bits per heavy atom. The fourth-order valence-electron chi connectivity index (χ4n) is 1.10. The molecular weight excluding hydrogens is 210 g/mol. The lowest BCUT2D eigenvalue weighted by atomic mass is 10.1. The number of tetrazole rings is 1. The number of benzene rings is 1. The molecule has 2 aromatic rings. The Hall–Kier alpha value is -2.57. The first-order chi connectivity index (χ1) is 7.79. The molecule has 2 N–H and O–H groups in total. The van der Waals surface area contributed by atoms with E-state index in [1.54, 1.807) is 24.3 Å². The molecule has 0 aliphatic rings. The van der Waals surface area contributed by atoms with E-state index in [0.29, 0.717) is 17.4 Å². The average molecular weight is 217 g/mol. The van der Waals surface area contributed by atoms with Crippen molar-refractivity contribution in [3.8, 4) is 0 Å². The maximum Gasteiger partial charge on any atom is 0.258 e. The standard InChI is InChI=1S/C9H7N5O2/c15-5-6-1-3-7(4-2-6)8(16)10-9-11-13-14-12-9/h1-5H,(H2,10,11,12,13,14,16). The number of aldehydes is 1. The van der Waals surface area contributed by atoms with E-state index in [2.05, 4.69) is 25.9 Å². The van der Waals surface area contributed by atoms with Crippen LogP contribution in [0, 0.1) is 0 Å². The lowest BCUT2D eigenvalue weighted by Crippen LogP contribution is -2.12. The molecule has 16 heavy (non-hydrogen) atoms. The van der Waals surface area contributed by atoms with Crippen LogP contribution in [0.1, 0.15) is 20.7 Å². The van der Waals surface area contributed by atoms with Gasteiger partial charge in [0, 0.05) is 11.1 Å². The van der Waals surface area contributed by atoms with E-state index in [4.69, 9.17) is 0 Å². The molecule has 7 heteroatoms. The summed E-state index contributed by atoms with van der Waals surface area (Å²) in [5, 5.41) is 15.0. The van der Waals surface area contributed by atoms with Crippen molar-refractivity contribution in [2.75, 3.05) is 5.32 Å². The second kappa shape index (κ2) is 4.30. The van der Waals surface area contributed by atoms with Gasteiger partial charge in [-0.3, -0.25) is 14.9 Å². The highest BCUT2D eigenvalue weighted by Gasteiger charge is 2.07. The molecule has 7 nitrogen and oxygen atoms in total. The van der Waals surface area contributed by atoms with Crippen molar-refractivity contribution < 1.29 is 9.59 Å². The SMILES string of the molecule is O=Cc1ccc(C(=O)Nc2nnn[nH]2)cc1. The Balaban J connectivity index is 2.11. The Bertz CT molecular complexity index is 491. The van der Waals surface area contributed by atoms with Crippen LogP contribution in [0.3, 0.4) is 0 Å². The topological polar surface area (TPSA) is 101 Å². The van der Waals surface area contributed by atoms with Crippen molar-refractivity contribution in [3.05, 3.63) is 35.4 Å². The number of anilines is 1. The second-order valence-electron chi connectivity index (χ2n) is 2.94. The van der Waals surface area contributed by atoms with E-state index < -0.39 is 0 Å². The molecule has 0 spiro atoms. The second-order valence-corrected chi connectivity index (χ2v) is 2.94. The highest BCUT2D eigenvalue weighted by molar-refractivity contribution is 6.03. The molecule has 0 saturated carbocycles. The van der Waals surface area contributed by atoms with Crippen molar-refractivity contribution in [2.24, 2.45) is 0 Å². The molecule has 0 bridgehead atoms. The first-order valence-electron chi connectivity index (χ1n) is 4.40. The summed E-state index contributed by atoms with van der Waals surface area (Å²) in [6.45, 7) is 0. The number of nitrogens with zero attached hydrogens (tertiary/aromatic N) is 3. The number of carbonyl (C=O) groups is 2. The predicted octanol–water partition coefficient (Wildman–Crippen LogP) is 0.264. The average Bonchev–Trinajstić information content (AvgIpc) is 2.82. The van der Waals surface area contributed by atoms with Crippen LogP contribution in [0.15, 0.2) is 24.3 Å². The minimum absolute atomic E-state index is 0.171. The summed E-state index contributed by atoms with van der Waals surface area (Å²) < 4.78 is 0. The van der Waals surface area contributed by atoms with Crippen LogP contribution in [0.2, 0.25) is 0 Å². The zero-order chi connectivity index (χ0) is 11.4. The summed E-state index contributed by atoms with van der Waals surface area (Å²) in [7, 11) is 0. The quantitative estimate of drug-likeness (QED) is 0.718. The van der Waals surface area contributed by atoms with Gasteiger partial charge in [0.15, 0.2) is 0 Å². The van der Waals surface area contributed by atoms with Crippen LogP contribution in [0.25, 0.3) is 0 Å². The maximum atomic E-state index is 11.6. The van der Waals surface area contributed by atoms with E-state index in [1.165, 1.54) is 0 Å². The number of aromatic amines is 1. The van der Waals surface area contributed by atoms with Gasteiger partial charge in [0.2, 0.25) is 5.95 Å². The van der Waals surface area contributed by atoms with Gasteiger partial charge in [-0.2, -0.15) is 0 Å². The number of aromatic nitrogens is 4. The Morgan fingerprint density at radius 2 is 2.06 bits per heavy atom. The molecule has 1 heterocycles. The zero-order valence-electron chi connectivity index (χ0n) is 8.04. The van der Waals surface area contributed by atoms with Crippen molar-refractivity contribution in [3.63, 3.8) is 0 Å². The molecule has 0 atom stereocenters. The van der Waals surface area contributed by atoms with Gasteiger partial charge < -0.3 is 0 Å². The zero-order valence-corrected chi connectivity index (χ0v) is 8.04. The highest BCUT2D eigenvalue weighted by Crippen LogP contribution is 2.04. The van der Waals surface area contributed by atoms with Crippen molar-refractivity contribution in [2.45, 2.75) is 0 Å². The summed E-state index contributed by atoms with van der Waals surface area (Å²) >= 11 is 0. The smallest absolute Gasteiger partial charge is 0.258 e. The molecule has 0 aliphatic heterocycles. The van der Waals surface area contributed by atoms with E-state index in [1.807, 2.05) is 0 Å². The molecule has 1 aromatic carbocycles. The third-order valence-electron chi connectivity index (χ3n) is 1.89. The van der Waals surface area contributed by atoms with Crippen molar-refractivity contribution in [1.29, 1.82) is 0 Å². The summed E-state index contributed by atoms with van der Waals surface area (Å²) in [4.78, 5) is 22.0. The first kappa shape index (κ1) is 9.97. The van der Waals surface area contributed by atoms with E-state index >= 15 is 0 Å². The molecule has 0 fully saturated rings. The molecule has 0 unspecified atom stereocenters. The van der Waals surface area contributed by atoms with Gasteiger partial charge in [0.1, 0.15) is 6.29 Å². The van der Waals surface area contributed by atoms with E-state index in [-0.39, 0.29) is 11.9 Å². The van der Waals surface area contributed by atoms with Gasteiger partial charge in [-0.1, -0.05) is 17.2 Å². The number of rotatable bonds is 3. The normalized spacial score (nSPS) is 9.75. The predicted molar refractivity (Wildman–Crippen MR) is 54.0 cm³/mol. The molecule has 2 rings (SSSR count). The summed E-state index contributed by atoms with van der Waals surface area (Å²) in [5.74, 6) is -0.180. The first-order valence-corrected chi connectivity index (χ1v) is 4.40. The third-order valence-corrected chi connectivity index (χ3v) is 1.89. The van der Waals surface area contributed by atoms with Gasteiger partial charge >= 0.3 is 0 Å². The van der Waals surface area contributed by atoms with E-state index in [9.17, 15) is 9.59 Å². The van der Waals surface area contributed by atoms with Crippen molar-refractivity contribution in [1.82, 2.24) is 20.6 Å². The lowest BCUT2D eigenvalue weighted by Gasteiger charge is -2.00. The molecule has 0 radical (unpaired) electrons. The lowest BCUT2D eigenvalue weighted by molar-refractivity contribution is 0.102. The Labute approximate surface area is 89.9 Å². The van der Waals surface area contributed by atoms with Gasteiger partial charge in [-0.05, 0) is 22.6 Å². The number of amides is 1. The summed E-state index contributed by atoms with van der Waals surface area (Å²) in [5.41, 5.74) is 0.930. The van der Waals surface area contributed by atoms with Crippen LogP contribution >= 0.6 is 0 Å². The minimum Gasteiger partial charge on any atom is -0.298 e. The number of H-pyrrole nitrogens is 1. The Morgan fingerprint density at radius 1 is 1.31 bits per heavy atom. The van der Waals surface area contributed by atoms with Crippen LogP contribution in [0.5, 0.6) is 0 Å². The fourth-order valence-corrected chi connectivity index (χ4v) is 1.10. The molecule has 0 aliphatic carbocycles. The largest absolute Gasteiger partial charge is 0.298 e. The van der Waals surface area contributed by atoms with Gasteiger partial charge in [0.25, 0.3) is 5.91 Å². The monoisotopic (exact) mass is 217 g/mol. The molecule has 1 amide bonds. The molecule has 0 saturated heterocycles. The van der Waals surface area contributed by atoms with Crippen LogP contribution < -0.4 is 5.32 Å². The number of carbonyl (C=O) groups excluding carboxylic acids is 2. The molecular formula is C9H7N5O2. The van der Waals surface area contributed by atoms with Gasteiger partial charge in [0.05, 0.1) is 0 Å².